The monoisotopic (exact) mass is 282 g/mol. The third-order valence-electron chi connectivity index (χ3n) is 3.18. The van der Waals surface area contributed by atoms with Gasteiger partial charge in [0, 0.05) is 19.3 Å². The van der Waals surface area contributed by atoms with E-state index in [1.165, 1.54) is 0 Å². The van der Waals surface area contributed by atoms with Gasteiger partial charge in [0.2, 0.25) is 0 Å². The first kappa shape index (κ1) is 15.1. The number of ether oxygens (including phenoxy) is 4. The minimum absolute atomic E-state index is 0.190. The van der Waals surface area contributed by atoms with Crippen LogP contribution in [0.3, 0.4) is 0 Å². The van der Waals surface area contributed by atoms with Gasteiger partial charge in [0.25, 0.3) is 0 Å². The van der Waals surface area contributed by atoms with Crippen molar-refractivity contribution in [1.82, 2.24) is 0 Å². The van der Waals surface area contributed by atoms with Crippen molar-refractivity contribution >= 4 is 0 Å². The normalized spacial score (nSPS) is 17.7. The van der Waals surface area contributed by atoms with Crippen LogP contribution in [0.5, 0.6) is 11.5 Å². The van der Waals surface area contributed by atoms with Gasteiger partial charge in [0.05, 0.1) is 19.8 Å². The van der Waals surface area contributed by atoms with Crippen molar-refractivity contribution in [2.75, 3.05) is 33.5 Å². The Morgan fingerprint density at radius 3 is 2.75 bits per heavy atom. The predicted molar refractivity (Wildman–Crippen MR) is 74.3 cm³/mol. The fraction of sp³-hybridized carbons (Fsp3) is 0.600. The van der Waals surface area contributed by atoms with Crippen molar-refractivity contribution in [3.05, 3.63) is 24.3 Å². The molecule has 1 N–H and O–H groups in total. The number of benzene rings is 1. The summed E-state index contributed by atoms with van der Waals surface area (Å²) >= 11 is 0. The van der Waals surface area contributed by atoms with E-state index in [4.69, 9.17) is 18.9 Å². The summed E-state index contributed by atoms with van der Waals surface area (Å²) in [7, 11) is 1.61. The highest BCUT2D eigenvalue weighted by molar-refractivity contribution is 5.32. The van der Waals surface area contributed by atoms with E-state index in [0.717, 1.165) is 31.8 Å². The van der Waals surface area contributed by atoms with Gasteiger partial charge in [-0.1, -0.05) is 6.07 Å². The summed E-state index contributed by atoms with van der Waals surface area (Å²) in [5, 5.41) is 9.86. The Labute approximate surface area is 119 Å². The second kappa shape index (κ2) is 8.09. The molecule has 2 rings (SSSR count). The topological polar surface area (TPSA) is 57.2 Å². The maximum atomic E-state index is 9.86. The molecule has 1 heterocycles. The van der Waals surface area contributed by atoms with Crippen LogP contribution in [-0.4, -0.2) is 50.9 Å². The average Bonchev–Trinajstić information content (AvgIpc) is 2.52. The van der Waals surface area contributed by atoms with Crippen LogP contribution >= 0.6 is 0 Å². The Hall–Kier alpha value is -1.30. The van der Waals surface area contributed by atoms with Crippen molar-refractivity contribution in [3.8, 4) is 11.5 Å². The molecule has 0 bridgehead atoms. The maximum Gasteiger partial charge on any atom is 0.123 e. The third-order valence-corrected chi connectivity index (χ3v) is 3.18. The Bertz CT molecular complexity index is 390. The van der Waals surface area contributed by atoms with Crippen LogP contribution in [0, 0.1) is 0 Å². The number of aliphatic hydroxyl groups excluding tert-OH is 1. The lowest BCUT2D eigenvalue weighted by molar-refractivity contribution is -0.0659. The number of methoxy groups -OCH3 is 1. The molecule has 1 aliphatic heterocycles. The maximum absolute atomic E-state index is 9.86. The molecule has 20 heavy (non-hydrogen) atoms. The molecule has 1 atom stereocenters. The lowest BCUT2D eigenvalue weighted by Crippen LogP contribution is -2.30. The van der Waals surface area contributed by atoms with Crippen molar-refractivity contribution < 1.29 is 24.1 Å². The molecule has 112 valence electrons. The summed E-state index contributed by atoms with van der Waals surface area (Å²) in [5.74, 6) is 1.41. The van der Waals surface area contributed by atoms with E-state index >= 15 is 0 Å². The van der Waals surface area contributed by atoms with Gasteiger partial charge < -0.3 is 24.1 Å². The zero-order valence-electron chi connectivity index (χ0n) is 11.8. The summed E-state index contributed by atoms with van der Waals surface area (Å²) in [6.07, 6.45) is 1.34. The summed E-state index contributed by atoms with van der Waals surface area (Å²) in [6, 6.07) is 7.30. The summed E-state index contributed by atoms with van der Waals surface area (Å²) in [6.45, 7) is 1.97. The quantitative estimate of drug-likeness (QED) is 0.823. The lowest BCUT2D eigenvalue weighted by Gasteiger charge is -2.23. The van der Waals surface area contributed by atoms with Crippen molar-refractivity contribution in [1.29, 1.82) is 0 Å². The van der Waals surface area contributed by atoms with Gasteiger partial charge in [-0.15, -0.1) is 0 Å². The first-order chi connectivity index (χ1) is 9.78. The Morgan fingerprint density at radius 1 is 1.25 bits per heavy atom. The molecule has 0 aliphatic carbocycles. The zero-order chi connectivity index (χ0) is 14.2. The van der Waals surface area contributed by atoms with Gasteiger partial charge in [0.1, 0.15) is 24.2 Å². The summed E-state index contributed by atoms with van der Waals surface area (Å²) < 4.78 is 21.5. The fourth-order valence-corrected chi connectivity index (χ4v) is 2.02. The summed E-state index contributed by atoms with van der Waals surface area (Å²) in [5.41, 5.74) is 0. The highest BCUT2D eigenvalue weighted by atomic mass is 16.5. The van der Waals surface area contributed by atoms with Gasteiger partial charge >= 0.3 is 0 Å². The highest BCUT2D eigenvalue weighted by Crippen LogP contribution is 2.19. The third kappa shape index (κ3) is 5.00. The van der Waals surface area contributed by atoms with Crippen molar-refractivity contribution in [2.24, 2.45) is 0 Å². The molecular formula is C15H22O5. The van der Waals surface area contributed by atoms with Crippen LogP contribution in [0.2, 0.25) is 0 Å². The van der Waals surface area contributed by atoms with E-state index in [1.54, 1.807) is 13.2 Å². The number of rotatable bonds is 7. The number of hydrogen-bond acceptors (Lipinski definition) is 5. The van der Waals surface area contributed by atoms with E-state index in [2.05, 4.69) is 0 Å². The largest absolute Gasteiger partial charge is 0.497 e. The SMILES string of the molecule is COc1cccc(OCC(O)COC2CCOCC2)c1. The Morgan fingerprint density at radius 2 is 2.00 bits per heavy atom. The second-order valence-corrected chi connectivity index (χ2v) is 4.79. The van der Waals surface area contributed by atoms with Crippen molar-refractivity contribution in [2.45, 2.75) is 25.0 Å². The molecule has 0 aromatic heterocycles. The van der Waals surface area contributed by atoms with Gasteiger partial charge in [-0.25, -0.2) is 0 Å². The molecule has 1 aliphatic rings. The molecule has 1 saturated heterocycles. The van der Waals surface area contributed by atoms with Crippen LogP contribution in [0.1, 0.15) is 12.8 Å². The molecule has 5 nitrogen and oxygen atoms in total. The minimum atomic E-state index is -0.635. The van der Waals surface area contributed by atoms with Crippen LogP contribution in [-0.2, 0) is 9.47 Å². The highest BCUT2D eigenvalue weighted by Gasteiger charge is 2.16. The smallest absolute Gasteiger partial charge is 0.123 e. The second-order valence-electron chi connectivity index (χ2n) is 4.79. The Kier molecular flexibility index (Phi) is 6.11. The molecule has 1 aromatic rings. The molecule has 1 fully saturated rings. The number of hydrogen-bond donors (Lipinski definition) is 1. The summed E-state index contributed by atoms with van der Waals surface area (Å²) in [4.78, 5) is 0. The molecule has 1 unspecified atom stereocenters. The Balaban J connectivity index is 1.67. The minimum Gasteiger partial charge on any atom is -0.497 e. The van der Waals surface area contributed by atoms with E-state index < -0.39 is 6.10 Å². The molecule has 0 amide bonds. The molecule has 1 aromatic carbocycles. The zero-order valence-corrected chi connectivity index (χ0v) is 11.8. The fourth-order valence-electron chi connectivity index (χ4n) is 2.02. The lowest BCUT2D eigenvalue weighted by atomic mass is 10.1. The van der Waals surface area contributed by atoms with E-state index in [-0.39, 0.29) is 19.3 Å². The molecular weight excluding hydrogens is 260 g/mol. The van der Waals surface area contributed by atoms with E-state index in [1.807, 2.05) is 18.2 Å². The first-order valence-corrected chi connectivity index (χ1v) is 6.92. The van der Waals surface area contributed by atoms with Gasteiger partial charge in [-0.05, 0) is 25.0 Å². The van der Waals surface area contributed by atoms with Crippen LogP contribution < -0.4 is 9.47 Å². The average molecular weight is 282 g/mol. The van der Waals surface area contributed by atoms with Gasteiger partial charge in [-0.2, -0.15) is 0 Å². The molecule has 0 radical (unpaired) electrons. The first-order valence-electron chi connectivity index (χ1n) is 6.92. The van der Waals surface area contributed by atoms with Gasteiger partial charge in [0.15, 0.2) is 0 Å². The van der Waals surface area contributed by atoms with Crippen molar-refractivity contribution in [3.63, 3.8) is 0 Å². The van der Waals surface area contributed by atoms with E-state index in [9.17, 15) is 5.11 Å². The number of aliphatic hydroxyl groups is 1. The molecule has 0 spiro atoms. The standard InChI is InChI=1S/C15H22O5/c1-17-14-3-2-4-15(9-14)20-11-12(16)10-19-13-5-7-18-8-6-13/h2-4,9,12-13,16H,5-8,10-11H2,1H3. The van der Waals surface area contributed by atoms with Crippen LogP contribution in [0.25, 0.3) is 0 Å². The van der Waals surface area contributed by atoms with Crippen LogP contribution in [0.4, 0.5) is 0 Å². The molecule has 0 saturated carbocycles. The van der Waals surface area contributed by atoms with Gasteiger partial charge in [-0.3, -0.25) is 0 Å². The van der Waals surface area contributed by atoms with Crippen LogP contribution in [0.15, 0.2) is 24.3 Å². The molecule has 5 heteroatoms. The predicted octanol–water partition coefficient (Wildman–Crippen LogP) is 1.63. The van der Waals surface area contributed by atoms with E-state index in [0.29, 0.717) is 5.75 Å².